The van der Waals surface area contributed by atoms with Gasteiger partial charge in [0.2, 0.25) is 11.0 Å². The van der Waals surface area contributed by atoms with Crippen LogP contribution in [0.2, 0.25) is 0 Å². The third-order valence-corrected chi connectivity index (χ3v) is 6.53. The maximum atomic E-state index is 12.7. The van der Waals surface area contributed by atoms with E-state index in [0.29, 0.717) is 17.5 Å². The summed E-state index contributed by atoms with van der Waals surface area (Å²) in [5.74, 6) is 0.382. The van der Waals surface area contributed by atoms with Crippen molar-refractivity contribution in [2.45, 2.75) is 50.9 Å². The van der Waals surface area contributed by atoms with Crippen molar-refractivity contribution in [1.82, 2.24) is 10.2 Å². The number of nitrogens with one attached hydrogen (secondary N) is 1. The number of carbonyl (C=O) groups excluding carboxylic acids is 2. The Bertz CT molecular complexity index is 630. The molecule has 1 N–H and O–H groups in total. The molecule has 3 fully saturated rings. The third-order valence-electron chi connectivity index (χ3n) is 5.53. The van der Waals surface area contributed by atoms with Gasteiger partial charge >= 0.3 is 5.97 Å². The number of nitrogens with zero attached hydrogens (tertiary/aromatic N) is 2. The summed E-state index contributed by atoms with van der Waals surface area (Å²) < 4.78 is 4.94. The molecular formula is C15H19N3O3S. The van der Waals surface area contributed by atoms with Gasteiger partial charge < -0.3 is 10.1 Å². The minimum atomic E-state index is -0.438. The van der Waals surface area contributed by atoms with Crippen molar-refractivity contribution in [3.05, 3.63) is 5.01 Å². The van der Waals surface area contributed by atoms with Crippen LogP contribution in [0.25, 0.3) is 0 Å². The highest BCUT2D eigenvalue weighted by Gasteiger charge is 2.61. The summed E-state index contributed by atoms with van der Waals surface area (Å²) in [5.41, 5.74) is -0.869. The van der Waals surface area contributed by atoms with E-state index in [1.54, 1.807) is 0 Å². The Morgan fingerprint density at radius 2 is 1.86 bits per heavy atom. The van der Waals surface area contributed by atoms with Crippen LogP contribution in [0.15, 0.2) is 0 Å². The van der Waals surface area contributed by atoms with Crippen molar-refractivity contribution < 1.29 is 14.3 Å². The fourth-order valence-corrected chi connectivity index (χ4v) is 4.93. The third kappa shape index (κ3) is 2.06. The van der Waals surface area contributed by atoms with E-state index in [-0.39, 0.29) is 11.9 Å². The van der Waals surface area contributed by atoms with Crippen LogP contribution in [0.4, 0.5) is 5.13 Å². The number of carbonyl (C=O) groups is 2. The van der Waals surface area contributed by atoms with Gasteiger partial charge in [-0.25, -0.2) is 0 Å². The SMILES string of the molecule is COC(=O)C12CCC(C(=O)Nc3nnc(C4CC4)s3)(CC1)C2. The molecule has 4 rings (SSSR count). The summed E-state index contributed by atoms with van der Waals surface area (Å²) in [7, 11) is 1.43. The van der Waals surface area contributed by atoms with Crippen LogP contribution in [0.1, 0.15) is 55.9 Å². The highest BCUT2D eigenvalue weighted by Crippen LogP contribution is 2.62. The molecule has 1 amide bonds. The van der Waals surface area contributed by atoms with Gasteiger partial charge in [0.25, 0.3) is 0 Å². The minimum Gasteiger partial charge on any atom is -0.469 e. The van der Waals surface area contributed by atoms with Crippen LogP contribution < -0.4 is 5.32 Å². The van der Waals surface area contributed by atoms with Crippen molar-refractivity contribution in [3.63, 3.8) is 0 Å². The van der Waals surface area contributed by atoms with Crippen LogP contribution in [-0.2, 0) is 14.3 Å². The Balaban J connectivity index is 1.47. The zero-order chi connectivity index (χ0) is 15.4. The quantitative estimate of drug-likeness (QED) is 0.862. The number of amides is 1. The van der Waals surface area contributed by atoms with Crippen LogP contribution in [0, 0.1) is 10.8 Å². The second kappa shape index (κ2) is 4.75. The molecule has 22 heavy (non-hydrogen) atoms. The number of hydrogen-bond donors (Lipinski definition) is 1. The van der Waals surface area contributed by atoms with Gasteiger partial charge in [-0.2, -0.15) is 0 Å². The molecule has 1 heterocycles. The molecule has 1 aromatic heterocycles. The van der Waals surface area contributed by atoms with Gasteiger partial charge in [0.1, 0.15) is 5.01 Å². The molecule has 3 saturated carbocycles. The predicted molar refractivity (Wildman–Crippen MR) is 80.5 cm³/mol. The van der Waals surface area contributed by atoms with Crippen molar-refractivity contribution in [2.24, 2.45) is 10.8 Å². The molecule has 0 aromatic carbocycles. The van der Waals surface area contributed by atoms with E-state index in [0.717, 1.165) is 30.7 Å². The van der Waals surface area contributed by atoms with Crippen molar-refractivity contribution in [3.8, 4) is 0 Å². The van der Waals surface area contributed by atoms with Crippen LogP contribution >= 0.6 is 11.3 Å². The van der Waals surface area contributed by atoms with Crippen LogP contribution in [0.5, 0.6) is 0 Å². The maximum Gasteiger partial charge on any atom is 0.311 e. The average Bonchev–Trinajstić information content (AvgIpc) is 3.00. The number of anilines is 1. The van der Waals surface area contributed by atoms with Crippen LogP contribution in [-0.4, -0.2) is 29.2 Å². The summed E-state index contributed by atoms with van der Waals surface area (Å²) in [6.45, 7) is 0. The van der Waals surface area contributed by atoms with Gasteiger partial charge in [0, 0.05) is 5.92 Å². The van der Waals surface area contributed by atoms with Crippen molar-refractivity contribution in [2.75, 3.05) is 12.4 Å². The molecule has 0 aliphatic heterocycles. The van der Waals surface area contributed by atoms with Gasteiger partial charge in [-0.3, -0.25) is 9.59 Å². The summed E-state index contributed by atoms with van der Waals surface area (Å²) in [4.78, 5) is 24.7. The minimum absolute atomic E-state index is 0.00530. The number of methoxy groups -OCH3 is 1. The fourth-order valence-electron chi connectivity index (χ4n) is 4.02. The lowest BCUT2D eigenvalue weighted by molar-refractivity contribution is -0.152. The predicted octanol–water partition coefficient (Wildman–Crippen LogP) is 2.48. The number of esters is 1. The number of rotatable bonds is 4. The molecule has 1 aromatic rings. The Labute approximate surface area is 132 Å². The fraction of sp³-hybridized carbons (Fsp3) is 0.733. The van der Waals surface area contributed by atoms with Crippen LogP contribution in [0.3, 0.4) is 0 Å². The molecule has 0 radical (unpaired) electrons. The molecule has 118 valence electrons. The number of hydrogen-bond acceptors (Lipinski definition) is 6. The van der Waals surface area contributed by atoms with E-state index in [9.17, 15) is 9.59 Å². The second-order valence-corrected chi connectivity index (χ2v) is 7.91. The first-order valence-electron chi connectivity index (χ1n) is 7.80. The van der Waals surface area contributed by atoms with Crippen molar-refractivity contribution >= 4 is 28.3 Å². The lowest BCUT2D eigenvalue weighted by Crippen LogP contribution is -2.32. The zero-order valence-corrected chi connectivity index (χ0v) is 13.4. The topological polar surface area (TPSA) is 81.2 Å². The monoisotopic (exact) mass is 321 g/mol. The highest BCUT2D eigenvalue weighted by molar-refractivity contribution is 7.15. The number of ether oxygens (including phenoxy) is 1. The largest absolute Gasteiger partial charge is 0.469 e. The average molecular weight is 321 g/mol. The summed E-state index contributed by atoms with van der Waals surface area (Å²) in [6.07, 6.45) is 5.95. The molecule has 0 unspecified atom stereocenters. The molecule has 0 spiro atoms. The molecule has 3 aliphatic rings. The first-order chi connectivity index (χ1) is 10.6. The van der Waals surface area contributed by atoms with Crippen molar-refractivity contribution in [1.29, 1.82) is 0 Å². The standard InChI is InChI=1S/C15H19N3O3S/c1-21-12(20)15-6-4-14(8-15,5-7-15)11(19)16-13-18-17-10(22-13)9-2-3-9/h9H,2-8H2,1H3,(H,16,18,19). The Morgan fingerprint density at radius 3 is 2.50 bits per heavy atom. The number of fused-ring (bicyclic) bond motifs is 2. The van der Waals surface area contributed by atoms with E-state index in [2.05, 4.69) is 15.5 Å². The molecular weight excluding hydrogens is 302 g/mol. The second-order valence-electron chi connectivity index (χ2n) is 6.90. The molecule has 2 bridgehead atoms. The Hall–Kier alpha value is -1.50. The van der Waals surface area contributed by atoms with Gasteiger partial charge in [-0.05, 0) is 44.9 Å². The van der Waals surface area contributed by atoms with E-state index in [1.807, 2.05) is 0 Å². The highest BCUT2D eigenvalue weighted by atomic mass is 32.1. The maximum absolute atomic E-state index is 12.7. The summed E-state index contributed by atoms with van der Waals surface area (Å²) >= 11 is 1.48. The number of aromatic nitrogens is 2. The first kappa shape index (κ1) is 14.1. The Morgan fingerprint density at radius 1 is 1.18 bits per heavy atom. The molecule has 0 atom stereocenters. The van der Waals surface area contributed by atoms with Gasteiger partial charge in [-0.1, -0.05) is 11.3 Å². The molecule has 7 heteroatoms. The van der Waals surface area contributed by atoms with Gasteiger partial charge in [-0.15, -0.1) is 10.2 Å². The van der Waals surface area contributed by atoms with E-state index in [1.165, 1.54) is 31.3 Å². The smallest absolute Gasteiger partial charge is 0.311 e. The summed E-state index contributed by atoms with van der Waals surface area (Å²) in [6, 6.07) is 0. The lowest BCUT2D eigenvalue weighted by atomic mass is 9.81. The first-order valence-corrected chi connectivity index (χ1v) is 8.62. The zero-order valence-electron chi connectivity index (χ0n) is 12.6. The molecule has 3 aliphatic carbocycles. The molecule has 6 nitrogen and oxygen atoms in total. The van der Waals surface area contributed by atoms with E-state index in [4.69, 9.17) is 4.74 Å². The van der Waals surface area contributed by atoms with Gasteiger partial charge in [0.05, 0.1) is 17.9 Å². The van der Waals surface area contributed by atoms with E-state index >= 15 is 0 Å². The molecule has 0 saturated heterocycles. The lowest BCUT2D eigenvalue weighted by Gasteiger charge is -2.25. The Kier molecular flexibility index (Phi) is 3.04. The summed E-state index contributed by atoms with van der Waals surface area (Å²) in [5, 5.41) is 12.8. The van der Waals surface area contributed by atoms with Gasteiger partial charge in [0.15, 0.2) is 0 Å². The van der Waals surface area contributed by atoms with E-state index < -0.39 is 10.8 Å². The normalized spacial score (nSPS) is 33.0.